The van der Waals surface area contributed by atoms with E-state index in [2.05, 4.69) is 24.3 Å². The average Bonchev–Trinajstić information content (AvgIpc) is 2.55. The van der Waals surface area contributed by atoms with E-state index in [9.17, 15) is 4.79 Å². The largest absolute Gasteiger partial charge is 0.330 e. The van der Waals surface area contributed by atoms with Gasteiger partial charge in [0.2, 0.25) is 5.91 Å². The van der Waals surface area contributed by atoms with Gasteiger partial charge in [0.1, 0.15) is 0 Å². The van der Waals surface area contributed by atoms with E-state index in [1.165, 1.54) is 0 Å². The Kier molecular flexibility index (Phi) is 4.90. The van der Waals surface area contributed by atoms with Gasteiger partial charge < -0.3 is 11.1 Å². The summed E-state index contributed by atoms with van der Waals surface area (Å²) in [5.41, 5.74) is 7.31. The summed E-state index contributed by atoms with van der Waals surface area (Å²) in [6, 6.07) is 0. The Labute approximate surface area is 109 Å². The molecule has 0 aromatic carbocycles. The molecule has 0 unspecified atom stereocenters. The zero-order valence-electron chi connectivity index (χ0n) is 11.8. The van der Waals surface area contributed by atoms with Gasteiger partial charge in [0.05, 0.1) is 11.4 Å². The van der Waals surface area contributed by atoms with Crippen molar-refractivity contribution in [2.75, 3.05) is 11.9 Å². The van der Waals surface area contributed by atoms with E-state index >= 15 is 0 Å². The van der Waals surface area contributed by atoms with E-state index < -0.39 is 0 Å². The van der Waals surface area contributed by atoms with Crippen molar-refractivity contribution in [2.24, 2.45) is 18.2 Å². The highest BCUT2D eigenvalue weighted by atomic mass is 16.1. The van der Waals surface area contributed by atoms with Crippen LogP contribution in [-0.2, 0) is 11.8 Å². The Bertz CT molecular complexity index is 409. The van der Waals surface area contributed by atoms with Crippen LogP contribution in [-0.4, -0.2) is 22.2 Å². The molecule has 0 atom stereocenters. The Hall–Kier alpha value is -1.36. The molecule has 18 heavy (non-hydrogen) atoms. The number of aromatic nitrogens is 2. The van der Waals surface area contributed by atoms with Gasteiger partial charge >= 0.3 is 0 Å². The number of carbonyl (C=O) groups is 1. The molecule has 5 nitrogen and oxygen atoms in total. The smallest absolute Gasteiger partial charge is 0.224 e. The molecule has 0 saturated heterocycles. The van der Waals surface area contributed by atoms with Gasteiger partial charge in [-0.1, -0.05) is 13.8 Å². The maximum Gasteiger partial charge on any atom is 0.224 e. The first kappa shape index (κ1) is 14.7. The Balaban J connectivity index is 2.45. The SMILES string of the molecule is Cc1nn(C)cc1NC(=O)CCC(C)(C)CCN. The van der Waals surface area contributed by atoms with Gasteiger partial charge in [0, 0.05) is 19.7 Å². The normalized spacial score (nSPS) is 11.6. The van der Waals surface area contributed by atoms with Crippen molar-refractivity contribution in [3.05, 3.63) is 11.9 Å². The van der Waals surface area contributed by atoms with Crippen LogP contribution >= 0.6 is 0 Å². The van der Waals surface area contributed by atoms with E-state index in [0.717, 1.165) is 24.2 Å². The molecule has 1 aromatic heterocycles. The van der Waals surface area contributed by atoms with Crippen molar-refractivity contribution < 1.29 is 4.79 Å². The zero-order valence-corrected chi connectivity index (χ0v) is 11.8. The van der Waals surface area contributed by atoms with Gasteiger partial charge in [0.15, 0.2) is 0 Å². The number of nitrogens with zero attached hydrogens (tertiary/aromatic N) is 2. The second kappa shape index (κ2) is 6.00. The molecule has 0 radical (unpaired) electrons. The van der Waals surface area contributed by atoms with Crippen molar-refractivity contribution in [1.82, 2.24) is 9.78 Å². The minimum Gasteiger partial charge on any atom is -0.330 e. The third-order valence-electron chi connectivity index (χ3n) is 3.14. The van der Waals surface area contributed by atoms with Crippen LogP contribution < -0.4 is 11.1 Å². The first-order chi connectivity index (χ1) is 8.34. The Morgan fingerprint density at radius 1 is 1.50 bits per heavy atom. The number of amides is 1. The fraction of sp³-hybridized carbons (Fsp3) is 0.692. The summed E-state index contributed by atoms with van der Waals surface area (Å²) in [6.07, 6.45) is 4.11. The molecule has 1 heterocycles. The molecule has 0 saturated carbocycles. The number of rotatable bonds is 6. The fourth-order valence-corrected chi connectivity index (χ4v) is 1.90. The van der Waals surface area contributed by atoms with E-state index in [0.29, 0.717) is 13.0 Å². The van der Waals surface area contributed by atoms with Crippen LogP contribution in [0.5, 0.6) is 0 Å². The quantitative estimate of drug-likeness (QED) is 0.811. The van der Waals surface area contributed by atoms with Crippen LogP contribution in [0, 0.1) is 12.3 Å². The number of nitrogens with two attached hydrogens (primary N) is 1. The molecular formula is C13H24N4O. The lowest BCUT2D eigenvalue weighted by atomic mass is 9.84. The molecule has 0 aliphatic carbocycles. The summed E-state index contributed by atoms with van der Waals surface area (Å²) >= 11 is 0. The van der Waals surface area contributed by atoms with E-state index in [1.54, 1.807) is 4.68 Å². The van der Waals surface area contributed by atoms with Gasteiger partial charge in [-0.15, -0.1) is 0 Å². The fourth-order valence-electron chi connectivity index (χ4n) is 1.90. The number of hydrogen-bond acceptors (Lipinski definition) is 3. The maximum atomic E-state index is 11.8. The van der Waals surface area contributed by atoms with Crippen LogP contribution in [0.3, 0.4) is 0 Å². The van der Waals surface area contributed by atoms with Gasteiger partial charge in [-0.25, -0.2) is 0 Å². The molecule has 0 aliphatic heterocycles. The maximum absolute atomic E-state index is 11.8. The standard InChI is InChI=1S/C13H24N4O/c1-10-11(9-17(4)16-10)15-12(18)5-6-13(2,3)7-8-14/h9H,5-8,14H2,1-4H3,(H,15,18). The highest BCUT2D eigenvalue weighted by Crippen LogP contribution is 2.26. The summed E-state index contributed by atoms with van der Waals surface area (Å²) in [7, 11) is 1.84. The van der Waals surface area contributed by atoms with Crippen LogP contribution in [0.15, 0.2) is 6.20 Å². The van der Waals surface area contributed by atoms with Gasteiger partial charge in [-0.2, -0.15) is 5.10 Å². The van der Waals surface area contributed by atoms with Crippen molar-refractivity contribution in [3.63, 3.8) is 0 Å². The second-order valence-electron chi connectivity index (χ2n) is 5.55. The summed E-state index contributed by atoms with van der Waals surface area (Å²) in [5, 5.41) is 7.08. The van der Waals surface area contributed by atoms with Crippen molar-refractivity contribution >= 4 is 11.6 Å². The molecular weight excluding hydrogens is 228 g/mol. The lowest BCUT2D eigenvalue weighted by Gasteiger charge is -2.23. The highest BCUT2D eigenvalue weighted by Gasteiger charge is 2.18. The van der Waals surface area contributed by atoms with Crippen LogP contribution in [0.2, 0.25) is 0 Å². The number of hydrogen-bond donors (Lipinski definition) is 2. The third kappa shape index (κ3) is 4.49. The summed E-state index contributed by atoms with van der Waals surface area (Å²) < 4.78 is 1.70. The summed E-state index contributed by atoms with van der Waals surface area (Å²) in [4.78, 5) is 11.8. The van der Waals surface area contributed by atoms with Gasteiger partial charge in [0.25, 0.3) is 0 Å². The molecule has 102 valence electrons. The zero-order chi connectivity index (χ0) is 13.8. The molecule has 3 N–H and O–H groups in total. The van der Waals surface area contributed by atoms with Gasteiger partial charge in [-0.05, 0) is 31.7 Å². The molecule has 5 heteroatoms. The number of carbonyl (C=O) groups excluding carboxylic acids is 1. The predicted octanol–water partition coefficient (Wildman–Crippen LogP) is 1.82. The first-order valence-corrected chi connectivity index (χ1v) is 6.34. The minimum atomic E-state index is 0.0381. The predicted molar refractivity (Wildman–Crippen MR) is 73.3 cm³/mol. The van der Waals surface area contributed by atoms with Crippen LogP contribution in [0.25, 0.3) is 0 Å². The monoisotopic (exact) mass is 252 g/mol. The van der Waals surface area contributed by atoms with Crippen molar-refractivity contribution in [2.45, 2.75) is 40.0 Å². The van der Waals surface area contributed by atoms with E-state index in [4.69, 9.17) is 5.73 Å². The second-order valence-corrected chi connectivity index (χ2v) is 5.55. The molecule has 0 spiro atoms. The number of anilines is 1. The molecule has 1 amide bonds. The third-order valence-corrected chi connectivity index (χ3v) is 3.14. The molecule has 0 aliphatic rings. The Morgan fingerprint density at radius 3 is 2.67 bits per heavy atom. The van der Waals surface area contributed by atoms with Crippen molar-refractivity contribution in [1.29, 1.82) is 0 Å². The lowest BCUT2D eigenvalue weighted by Crippen LogP contribution is -2.20. The summed E-state index contributed by atoms with van der Waals surface area (Å²) in [5.74, 6) is 0.0381. The minimum absolute atomic E-state index is 0.0381. The van der Waals surface area contributed by atoms with Gasteiger partial charge in [-0.3, -0.25) is 9.48 Å². The topological polar surface area (TPSA) is 72.9 Å². The molecule has 0 fully saturated rings. The average molecular weight is 252 g/mol. The van der Waals surface area contributed by atoms with Crippen LogP contribution in [0.4, 0.5) is 5.69 Å². The molecule has 0 bridgehead atoms. The van der Waals surface area contributed by atoms with E-state index in [1.807, 2.05) is 20.2 Å². The molecule has 1 aromatic rings. The van der Waals surface area contributed by atoms with Crippen molar-refractivity contribution in [3.8, 4) is 0 Å². The number of nitrogens with one attached hydrogen (secondary N) is 1. The van der Waals surface area contributed by atoms with Crippen LogP contribution in [0.1, 0.15) is 38.8 Å². The molecule has 1 rings (SSSR count). The first-order valence-electron chi connectivity index (χ1n) is 6.34. The van der Waals surface area contributed by atoms with E-state index in [-0.39, 0.29) is 11.3 Å². The summed E-state index contributed by atoms with van der Waals surface area (Å²) in [6.45, 7) is 6.83. The highest BCUT2D eigenvalue weighted by molar-refractivity contribution is 5.91. The Morgan fingerprint density at radius 2 is 2.17 bits per heavy atom. The number of aryl methyl sites for hydroxylation is 2. The lowest BCUT2D eigenvalue weighted by molar-refractivity contribution is -0.116.